The number of carbonyl (C=O) groups is 1. The summed E-state index contributed by atoms with van der Waals surface area (Å²) >= 11 is 0. The summed E-state index contributed by atoms with van der Waals surface area (Å²) in [6.07, 6.45) is 67.2. The van der Waals surface area contributed by atoms with E-state index in [-0.39, 0.29) is 12.5 Å². The summed E-state index contributed by atoms with van der Waals surface area (Å²) in [6, 6.07) is -0.643. The van der Waals surface area contributed by atoms with Crippen LogP contribution in [-0.2, 0) is 4.79 Å². The molecule has 0 aliphatic heterocycles. The molecule has 0 saturated heterocycles. The number of nitrogens with one attached hydrogen (secondary N) is 1. The van der Waals surface area contributed by atoms with E-state index >= 15 is 0 Å². The van der Waals surface area contributed by atoms with E-state index in [1.165, 1.54) is 225 Å². The summed E-state index contributed by atoms with van der Waals surface area (Å²) in [5.41, 5.74) is 0. The van der Waals surface area contributed by atoms with Crippen molar-refractivity contribution >= 4 is 5.91 Å². The molecule has 0 aromatic rings. The van der Waals surface area contributed by atoms with Gasteiger partial charge in [0.2, 0.25) is 5.91 Å². The highest BCUT2D eigenvalue weighted by Gasteiger charge is 2.17. The lowest BCUT2D eigenvalue weighted by molar-refractivity contribution is -0.123. The Bertz CT molecular complexity index is 882. The maximum atomic E-state index is 12.4. The van der Waals surface area contributed by atoms with Gasteiger partial charge in [0.05, 0.1) is 18.8 Å². The molecule has 2 atom stereocenters. The Morgan fingerprint density at radius 2 is 0.672 bits per heavy atom. The summed E-state index contributed by atoms with van der Waals surface area (Å²) in [6.45, 7) is 4.32. The van der Waals surface area contributed by atoms with Gasteiger partial charge in [0.25, 0.3) is 0 Å². The van der Waals surface area contributed by atoms with E-state index in [1.807, 2.05) is 6.08 Å². The fourth-order valence-electron chi connectivity index (χ4n) is 8.10. The zero-order chi connectivity index (χ0) is 42.1. The number of carbonyl (C=O) groups excluding carboxylic acids is 1. The van der Waals surface area contributed by atoms with Crippen molar-refractivity contribution in [1.82, 2.24) is 5.32 Å². The molecular formula is C54H103NO3. The standard InChI is InChI=1S/C54H103NO3/c1-3-5-7-9-11-13-15-17-19-21-23-24-25-26-27-28-29-30-32-33-35-37-39-41-43-45-47-49-53(57)52(51-56)55-54(58)50-48-46-44-42-40-38-36-34-31-22-20-18-16-14-12-10-8-6-4-2/h32-33,39,41,47,49,52-53,56-57H,3-31,34-38,40,42-46,48,50-51H2,1-2H3,(H,55,58)/b33-32+,41-39+,49-47+. The maximum absolute atomic E-state index is 12.4. The Balaban J connectivity index is 3.56. The van der Waals surface area contributed by atoms with Crippen molar-refractivity contribution < 1.29 is 15.0 Å². The third-order valence-corrected chi connectivity index (χ3v) is 12.1. The Labute approximate surface area is 363 Å². The predicted octanol–water partition coefficient (Wildman–Crippen LogP) is 16.9. The quantitative estimate of drug-likeness (QED) is 0.0423. The van der Waals surface area contributed by atoms with Crippen LogP contribution in [0.2, 0.25) is 0 Å². The molecule has 0 spiro atoms. The van der Waals surface area contributed by atoms with Crippen molar-refractivity contribution in [3.8, 4) is 0 Å². The van der Waals surface area contributed by atoms with Crippen LogP contribution in [0.15, 0.2) is 36.5 Å². The van der Waals surface area contributed by atoms with Gasteiger partial charge in [-0.2, -0.15) is 0 Å². The number of aliphatic hydroxyl groups excluding tert-OH is 2. The number of aliphatic hydroxyl groups is 2. The highest BCUT2D eigenvalue weighted by atomic mass is 16.3. The summed E-state index contributed by atoms with van der Waals surface area (Å²) in [4.78, 5) is 12.4. The fourth-order valence-corrected chi connectivity index (χ4v) is 8.10. The van der Waals surface area contributed by atoms with E-state index in [1.54, 1.807) is 6.08 Å². The van der Waals surface area contributed by atoms with Gasteiger partial charge in [-0.3, -0.25) is 4.79 Å². The zero-order valence-corrected chi connectivity index (χ0v) is 39.3. The predicted molar refractivity (Wildman–Crippen MR) is 258 cm³/mol. The number of amides is 1. The van der Waals surface area contributed by atoms with Crippen molar-refractivity contribution in [2.24, 2.45) is 0 Å². The molecule has 3 N–H and O–H groups in total. The maximum Gasteiger partial charge on any atom is 0.220 e. The lowest BCUT2D eigenvalue weighted by Crippen LogP contribution is -2.45. The molecule has 0 aromatic carbocycles. The zero-order valence-electron chi connectivity index (χ0n) is 39.3. The molecule has 4 heteroatoms. The first-order valence-electron chi connectivity index (χ1n) is 26.2. The normalized spacial score (nSPS) is 13.1. The first-order valence-corrected chi connectivity index (χ1v) is 26.2. The molecule has 4 nitrogen and oxygen atoms in total. The minimum Gasteiger partial charge on any atom is -0.394 e. The lowest BCUT2D eigenvalue weighted by atomic mass is 10.0. The molecule has 0 saturated carbocycles. The number of hydrogen-bond acceptors (Lipinski definition) is 3. The average Bonchev–Trinajstić information content (AvgIpc) is 3.23. The van der Waals surface area contributed by atoms with Crippen LogP contribution in [0.25, 0.3) is 0 Å². The molecule has 0 rings (SSSR count). The number of unbranched alkanes of at least 4 members (excludes halogenated alkanes) is 37. The molecular weight excluding hydrogens is 711 g/mol. The van der Waals surface area contributed by atoms with Crippen LogP contribution in [0.3, 0.4) is 0 Å². The van der Waals surface area contributed by atoms with Gasteiger partial charge in [-0.05, 0) is 44.9 Å². The lowest BCUT2D eigenvalue weighted by Gasteiger charge is -2.19. The van der Waals surface area contributed by atoms with E-state index in [0.29, 0.717) is 6.42 Å². The molecule has 0 bridgehead atoms. The van der Waals surface area contributed by atoms with Crippen LogP contribution in [0.5, 0.6) is 0 Å². The number of allylic oxidation sites excluding steroid dienone is 5. The molecule has 0 fully saturated rings. The van der Waals surface area contributed by atoms with Gasteiger partial charge < -0.3 is 15.5 Å². The summed E-state index contributed by atoms with van der Waals surface area (Å²) in [7, 11) is 0. The van der Waals surface area contributed by atoms with Crippen molar-refractivity contribution in [1.29, 1.82) is 0 Å². The third kappa shape index (κ3) is 45.7. The van der Waals surface area contributed by atoms with Crippen molar-refractivity contribution in [3.63, 3.8) is 0 Å². The van der Waals surface area contributed by atoms with Gasteiger partial charge in [-0.25, -0.2) is 0 Å². The van der Waals surface area contributed by atoms with Crippen LogP contribution < -0.4 is 5.32 Å². The summed E-state index contributed by atoms with van der Waals surface area (Å²) in [5.74, 6) is -0.0734. The van der Waals surface area contributed by atoms with E-state index in [2.05, 4.69) is 43.5 Å². The van der Waals surface area contributed by atoms with Crippen molar-refractivity contribution in [3.05, 3.63) is 36.5 Å². The van der Waals surface area contributed by atoms with Gasteiger partial charge in [0, 0.05) is 6.42 Å². The summed E-state index contributed by atoms with van der Waals surface area (Å²) < 4.78 is 0. The van der Waals surface area contributed by atoms with Gasteiger partial charge in [-0.15, -0.1) is 0 Å². The largest absolute Gasteiger partial charge is 0.394 e. The number of hydrogen-bond donors (Lipinski definition) is 3. The molecule has 1 amide bonds. The smallest absolute Gasteiger partial charge is 0.220 e. The first-order chi connectivity index (χ1) is 28.7. The van der Waals surface area contributed by atoms with Gasteiger partial charge in [0.15, 0.2) is 0 Å². The van der Waals surface area contributed by atoms with Crippen molar-refractivity contribution in [2.75, 3.05) is 6.61 Å². The Kier molecular flexibility index (Phi) is 48.8. The first kappa shape index (κ1) is 56.6. The van der Waals surface area contributed by atoms with Crippen LogP contribution in [0, 0.1) is 0 Å². The van der Waals surface area contributed by atoms with Crippen LogP contribution in [0.1, 0.15) is 284 Å². The van der Waals surface area contributed by atoms with E-state index < -0.39 is 12.1 Å². The van der Waals surface area contributed by atoms with Gasteiger partial charge in [0.1, 0.15) is 0 Å². The molecule has 0 heterocycles. The second-order valence-corrected chi connectivity index (χ2v) is 17.9. The minimum atomic E-state index is -0.868. The average molecular weight is 814 g/mol. The third-order valence-electron chi connectivity index (χ3n) is 12.1. The topological polar surface area (TPSA) is 69.6 Å². The molecule has 58 heavy (non-hydrogen) atoms. The van der Waals surface area contributed by atoms with E-state index in [0.717, 1.165) is 38.5 Å². The highest BCUT2D eigenvalue weighted by Crippen LogP contribution is 2.17. The molecule has 0 aromatic heterocycles. The van der Waals surface area contributed by atoms with Gasteiger partial charge in [-0.1, -0.05) is 269 Å². The van der Waals surface area contributed by atoms with Gasteiger partial charge >= 0.3 is 0 Å². The van der Waals surface area contributed by atoms with E-state index in [9.17, 15) is 15.0 Å². The van der Waals surface area contributed by atoms with Crippen LogP contribution in [0.4, 0.5) is 0 Å². The molecule has 342 valence electrons. The molecule has 0 aliphatic carbocycles. The Hall–Kier alpha value is -1.39. The molecule has 2 unspecified atom stereocenters. The number of rotatable bonds is 48. The SMILES string of the molecule is CCCCCCCCCCCCCCCCCCC/C=C/CC/C=C/CC/C=C/C(O)C(CO)NC(=O)CCCCCCCCCCCCCCCCCCCCC. The van der Waals surface area contributed by atoms with Crippen LogP contribution >= 0.6 is 0 Å². The second kappa shape index (κ2) is 50.0. The van der Waals surface area contributed by atoms with Crippen molar-refractivity contribution in [2.45, 2.75) is 296 Å². The minimum absolute atomic E-state index is 0.0734. The van der Waals surface area contributed by atoms with Crippen LogP contribution in [-0.4, -0.2) is 34.9 Å². The van der Waals surface area contributed by atoms with E-state index in [4.69, 9.17) is 0 Å². The molecule has 0 aliphatic rings. The Morgan fingerprint density at radius 3 is 1.00 bits per heavy atom. The Morgan fingerprint density at radius 1 is 0.397 bits per heavy atom. The monoisotopic (exact) mass is 814 g/mol. The fraction of sp³-hybridized carbons (Fsp3) is 0.870. The highest BCUT2D eigenvalue weighted by molar-refractivity contribution is 5.76. The second-order valence-electron chi connectivity index (χ2n) is 17.9. The molecule has 0 radical (unpaired) electrons. The summed E-state index contributed by atoms with van der Waals surface area (Å²) in [5, 5.41) is 23.1.